The number of benzene rings is 10. The molecular weight excluding hydrogens is 973 g/mol. The first-order chi connectivity index (χ1) is 38.1. The van der Waals surface area contributed by atoms with Crippen LogP contribution in [0, 0.1) is 0 Å². The van der Waals surface area contributed by atoms with Gasteiger partial charge in [-0.05, 0) is 146 Å². The van der Waals surface area contributed by atoms with Gasteiger partial charge in [0.15, 0.2) is 5.82 Å². The lowest BCUT2D eigenvalue weighted by atomic mass is 9.67. The Labute approximate surface area is 469 Å². The molecule has 2 aliphatic carbocycles. The summed E-state index contributed by atoms with van der Waals surface area (Å²) in [7, 11) is 0. The van der Waals surface area contributed by atoms with Gasteiger partial charge < -0.3 is 0 Å². The first kappa shape index (κ1) is 48.8. The molecule has 0 unspecified atom stereocenters. The third-order valence-electron chi connectivity index (χ3n) is 16.7. The third-order valence-corrected chi connectivity index (χ3v) is 17.9. The topological polar surface area (TPSA) is 25.8 Å². The maximum atomic E-state index is 5.98. The fourth-order valence-electron chi connectivity index (χ4n) is 13.1. The van der Waals surface area contributed by atoms with Crippen molar-refractivity contribution in [2.24, 2.45) is 0 Å². The Hall–Kier alpha value is -8.50. The maximum absolute atomic E-state index is 5.98. The number of hydrogen-bond donors (Lipinski definition) is 0. The van der Waals surface area contributed by atoms with Gasteiger partial charge in [0.1, 0.15) is 0 Å². The predicted octanol–water partition coefficient (Wildman–Crippen LogP) is 21.7. The zero-order chi connectivity index (χ0) is 54.1. The highest BCUT2D eigenvalue weighted by Crippen LogP contribution is 2.55. The zero-order valence-electron chi connectivity index (χ0n) is 46.5. The van der Waals surface area contributed by atoms with Crippen molar-refractivity contribution in [3.05, 3.63) is 229 Å². The van der Waals surface area contributed by atoms with Crippen molar-refractivity contribution in [3.8, 4) is 123 Å². The van der Waals surface area contributed by atoms with Gasteiger partial charge in [-0.15, -0.1) is 11.3 Å². The van der Waals surface area contributed by atoms with Crippen LogP contribution in [0.3, 0.4) is 0 Å². The first-order valence-electron chi connectivity index (χ1n) is 27.9. The standard InChI is InChI=1S/C76H62N2S/c1-74(2,3)65-43-66(75(4,5)6)69(70(76(7,8)9)68(65)46-38-40-57-52-27-13-12-25-50(52)48-23-10-11-24-49(48)51-26-14-16-30-55(51)63(57)42-46)73-77-44-64-58-39-37-45(47-34-22-35-61-59-32-20-21-36-67(59)79-72(47)61)41-62(58)56-31-17-15-28-53(56)54-29-18-19-33-60(54)71(64)78-73/h10-44H,1-9H3. The zero-order valence-corrected chi connectivity index (χ0v) is 47.3. The van der Waals surface area contributed by atoms with Gasteiger partial charge in [0.25, 0.3) is 0 Å². The second-order valence-corrected chi connectivity index (χ2v) is 25.9. The minimum absolute atomic E-state index is 0.216. The molecule has 0 aliphatic heterocycles. The Morgan fingerprint density at radius 2 is 0.722 bits per heavy atom. The van der Waals surface area contributed by atoms with E-state index in [4.69, 9.17) is 9.97 Å². The molecular formula is C76H62N2S. The summed E-state index contributed by atoms with van der Waals surface area (Å²) in [5.41, 5.74) is 27.9. The molecule has 0 N–H and O–H groups in total. The molecule has 0 radical (unpaired) electrons. The second-order valence-electron chi connectivity index (χ2n) is 24.8. The lowest BCUT2D eigenvalue weighted by Gasteiger charge is -2.37. The van der Waals surface area contributed by atoms with Crippen LogP contribution < -0.4 is 0 Å². The van der Waals surface area contributed by atoms with Crippen LogP contribution in [0.25, 0.3) is 143 Å². The minimum Gasteiger partial charge on any atom is -0.236 e. The summed E-state index contributed by atoms with van der Waals surface area (Å²) in [4.78, 5) is 11.6. The van der Waals surface area contributed by atoms with E-state index in [1.54, 1.807) is 0 Å². The second kappa shape index (κ2) is 18.0. The van der Waals surface area contributed by atoms with Crippen molar-refractivity contribution in [1.82, 2.24) is 9.97 Å². The Balaban J connectivity index is 1.04. The highest BCUT2D eigenvalue weighted by atomic mass is 32.1. The molecule has 0 bridgehead atoms. The summed E-state index contributed by atoms with van der Waals surface area (Å²) < 4.78 is 2.62. The van der Waals surface area contributed by atoms with Crippen molar-refractivity contribution in [2.45, 2.75) is 78.6 Å². The lowest BCUT2D eigenvalue weighted by Crippen LogP contribution is -2.25. The van der Waals surface area contributed by atoms with Gasteiger partial charge in [-0.2, -0.15) is 0 Å². The van der Waals surface area contributed by atoms with E-state index >= 15 is 0 Å². The molecule has 0 saturated carbocycles. The van der Waals surface area contributed by atoms with Crippen molar-refractivity contribution in [3.63, 3.8) is 0 Å². The molecule has 0 atom stereocenters. The van der Waals surface area contributed by atoms with E-state index in [9.17, 15) is 0 Å². The molecule has 3 heteroatoms. The molecule has 14 rings (SSSR count). The molecule has 2 aromatic heterocycles. The number of fused-ring (bicyclic) bond motifs is 19. The van der Waals surface area contributed by atoms with Crippen LogP contribution in [0.5, 0.6) is 0 Å². The third kappa shape index (κ3) is 7.88. The number of nitrogens with zero attached hydrogens (tertiary/aromatic N) is 2. The van der Waals surface area contributed by atoms with Crippen LogP contribution in [0.1, 0.15) is 79.0 Å². The molecule has 0 saturated heterocycles. The largest absolute Gasteiger partial charge is 0.236 e. The van der Waals surface area contributed by atoms with E-state index in [1.165, 1.54) is 120 Å². The summed E-state index contributed by atoms with van der Waals surface area (Å²) in [6, 6.07) is 77.1. The van der Waals surface area contributed by atoms with Crippen molar-refractivity contribution in [1.29, 1.82) is 0 Å². The molecule has 2 heterocycles. The van der Waals surface area contributed by atoms with E-state index < -0.39 is 0 Å². The molecule has 0 spiro atoms. The van der Waals surface area contributed by atoms with E-state index in [2.05, 4.69) is 275 Å². The Kier molecular flexibility index (Phi) is 11.1. The maximum Gasteiger partial charge on any atom is 0.160 e. The highest BCUT2D eigenvalue weighted by molar-refractivity contribution is 7.26. The monoisotopic (exact) mass is 1030 g/mol. The number of thiophene rings is 1. The lowest BCUT2D eigenvalue weighted by molar-refractivity contribution is 0.552. The van der Waals surface area contributed by atoms with Crippen molar-refractivity contribution in [2.75, 3.05) is 0 Å². The number of rotatable bonds is 3. The van der Waals surface area contributed by atoms with Crippen LogP contribution in [0.4, 0.5) is 0 Å². The predicted molar refractivity (Wildman–Crippen MR) is 338 cm³/mol. The number of hydrogen-bond acceptors (Lipinski definition) is 3. The normalized spacial score (nSPS) is 12.6. The van der Waals surface area contributed by atoms with Gasteiger partial charge in [0, 0.05) is 43.1 Å². The first-order valence-corrected chi connectivity index (χ1v) is 28.7. The van der Waals surface area contributed by atoms with E-state index in [0.717, 1.165) is 39.3 Å². The molecule has 0 amide bonds. The number of aromatic nitrogens is 2. The summed E-state index contributed by atoms with van der Waals surface area (Å²) in [6.45, 7) is 21.4. The highest BCUT2D eigenvalue weighted by Gasteiger charge is 2.37. The summed E-state index contributed by atoms with van der Waals surface area (Å²) in [5.74, 6) is 0.746. The van der Waals surface area contributed by atoms with Crippen molar-refractivity contribution >= 4 is 31.5 Å². The fraction of sp³-hybridized carbons (Fsp3) is 0.158. The van der Waals surface area contributed by atoms with Gasteiger partial charge in [-0.1, -0.05) is 250 Å². The van der Waals surface area contributed by atoms with Gasteiger partial charge in [-0.3, -0.25) is 0 Å². The molecule has 10 aromatic carbocycles. The smallest absolute Gasteiger partial charge is 0.160 e. The van der Waals surface area contributed by atoms with Crippen LogP contribution in [0.2, 0.25) is 0 Å². The minimum atomic E-state index is -0.343. The van der Waals surface area contributed by atoms with Crippen LogP contribution in [-0.4, -0.2) is 9.97 Å². The average molecular weight is 1040 g/mol. The van der Waals surface area contributed by atoms with E-state index in [1.807, 2.05) is 11.3 Å². The Bertz CT molecular complexity index is 4480. The van der Waals surface area contributed by atoms with E-state index in [-0.39, 0.29) is 16.2 Å². The summed E-state index contributed by atoms with van der Waals surface area (Å²) >= 11 is 1.88. The van der Waals surface area contributed by atoms with Crippen LogP contribution in [0.15, 0.2) is 212 Å². The van der Waals surface area contributed by atoms with Crippen LogP contribution >= 0.6 is 11.3 Å². The Morgan fingerprint density at radius 3 is 1.25 bits per heavy atom. The summed E-state index contributed by atoms with van der Waals surface area (Å²) in [6.07, 6.45) is 2.14. The SMILES string of the molecule is CC(C)(C)c1cc(C(C)(C)C)c(-c2ncc3c(n2)-c2ccccc2-c2ccccc2-c2cc(-c4cccc5c4sc4ccccc45)ccc2-3)c(C(C)(C)C)c1-c1ccc2c(c1)-c1ccccc1-c1ccccc1-c1ccccc1-2. The molecule has 0 fully saturated rings. The van der Waals surface area contributed by atoms with Gasteiger partial charge in [-0.25, -0.2) is 9.97 Å². The van der Waals surface area contributed by atoms with Gasteiger partial charge in [0.2, 0.25) is 0 Å². The van der Waals surface area contributed by atoms with Crippen molar-refractivity contribution < 1.29 is 0 Å². The fourth-order valence-corrected chi connectivity index (χ4v) is 14.3. The van der Waals surface area contributed by atoms with Gasteiger partial charge >= 0.3 is 0 Å². The van der Waals surface area contributed by atoms with E-state index in [0.29, 0.717) is 0 Å². The molecule has 2 nitrogen and oxygen atoms in total. The quantitative estimate of drug-likeness (QED) is 0.176. The van der Waals surface area contributed by atoms with Gasteiger partial charge in [0.05, 0.1) is 5.69 Å². The molecule has 12 aromatic rings. The average Bonchev–Trinajstić information content (AvgIpc) is 3.98. The Morgan fingerprint density at radius 1 is 0.316 bits per heavy atom. The molecule has 2 aliphatic rings. The molecule has 382 valence electrons. The summed E-state index contributed by atoms with van der Waals surface area (Å²) in [5, 5.41) is 2.61. The van der Waals surface area contributed by atoms with Crippen LogP contribution in [-0.2, 0) is 16.2 Å². The molecule has 79 heavy (non-hydrogen) atoms.